The lowest BCUT2D eigenvalue weighted by Crippen LogP contribution is -2.49. The molecule has 2 aromatic rings. The van der Waals surface area contributed by atoms with Crippen LogP contribution in [0.2, 0.25) is 13.1 Å². The van der Waals surface area contributed by atoms with Crippen molar-refractivity contribution < 1.29 is 19.3 Å². The number of carbonyl (C=O) groups excluding carboxylic acids is 1. The molecule has 1 aliphatic heterocycles. The van der Waals surface area contributed by atoms with E-state index in [0.29, 0.717) is 5.56 Å². The first kappa shape index (κ1) is 21.2. The third-order valence-corrected chi connectivity index (χ3v) is 10.3. The van der Waals surface area contributed by atoms with Gasteiger partial charge in [-0.3, -0.25) is 4.79 Å². The Balaban J connectivity index is 2.08. The number of hydrogen-bond acceptors (Lipinski definition) is 3. The van der Waals surface area contributed by atoms with E-state index in [2.05, 4.69) is 47.3 Å². The van der Waals surface area contributed by atoms with Gasteiger partial charge in [0.1, 0.15) is 22.2 Å². The average molecular weight is 450 g/mol. The number of hydrogen-bond donors (Lipinski definition) is 2. The van der Waals surface area contributed by atoms with Crippen LogP contribution < -0.4 is 10.5 Å². The van der Waals surface area contributed by atoms with Crippen LogP contribution in [0.1, 0.15) is 27.7 Å². The first-order valence-electron chi connectivity index (χ1n) is 10.0. The number of allylic oxidation sites excluding steroid dienone is 5. The van der Waals surface area contributed by atoms with Gasteiger partial charge in [0.05, 0.1) is 5.56 Å². The van der Waals surface area contributed by atoms with Crippen LogP contribution in [0.15, 0.2) is 58.6 Å². The maximum absolute atomic E-state index is 11.9. The number of rotatable bonds is 3. The summed E-state index contributed by atoms with van der Waals surface area (Å²) in [6.07, 6.45) is 6.46. The van der Waals surface area contributed by atoms with Gasteiger partial charge in [-0.2, -0.15) is 0 Å². The number of amides is 1. The third kappa shape index (κ3) is 3.53. The Morgan fingerprint density at radius 2 is 1.87 bits per heavy atom. The van der Waals surface area contributed by atoms with Gasteiger partial charge in [0.15, 0.2) is 5.71 Å². The number of carboxylic acids is 1. The van der Waals surface area contributed by atoms with Gasteiger partial charge in [0.2, 0.25) is 5.91 Å². The van der Waals surface area contributed by atoms with Crippen LogP contribution in [0.25, 0.3) is 5.57 Å². The monoisotopic (exact) mass is 449 g/mol. The Morgan fingerprint density at radius 1 is 1.13 bits per heavy atom. The number of aromatic carboxylic acids is 1. The Bertz CT molecular complexity index is 1260. The van der Waals surface area contributed by atoms with Gasteiger partial charge >= 0.3 is 5.97 Å². The molecule has 2 N–H and O–H groups in total. The largest absolute Gasteiger partial charge is 0.478 e. The molecule has 0 unspecified atom stereocenters. The lowest BCUT2D eigenvalue weighted by molar-refractivity contribution is -0.462. The number of carbonyl (C=O) groups is 2. The van der Waals surface area contributed by atoms with Crippen molar-refractivity contribution in [2.75, 3.05) is 19.4 Å². The topological polar surface area (TPSA) is 69.4 Å². The Kier molecular flexibility index (Phi) is 5.19. The molecule has 1 aromatic carbocycles. The summed E-state index contributed by atoms with van der Waals surface area (Å²) in [5.41, 5.74) is 5.32. The van der Waals surface area contributed by atoms with Crippen LogP contribution in [0.3, 0.4) is 0 Å². The molecule has 7 heteroatoms. The molecule has 0 fully saturated rings. The number of benzene rings is 1. The zero-order valence-corrected chi connectivity index (χ0v) is 20.1. The minimum Gasteiger partial charge on any atom is -0.478 e. The number of anilines is 1. The highest BCUT2D eigenvalue weighted by molar-refractivity contribution is 7.11. The second-order valence-electron chi connectivity index (χ2n) is 8.53. The van der Waals surface area contributed by atoms with E-state index in [1.807, 2.05) is 31.6 Å². The number of nitrogens with one attached hydrogen (secondary N) is 1. The quantitative estimate of drug-likeness (QED) is 0.552. The van der Waals surface area contributed by atoms with Gasteiger partial charge in [-0.05, 0) is 51.2 Å². The smallest absolute Gasteiger partial charge is 0.337 e. The molecule has 1 aliphatic carbocycles. The number of thiophene rings is 1. The summed E-state index contributed by atoms with van der Waals surface area (Å²) < 4.78 is 2.08. The van der Waals surface area contributed by atoms with Crippen LogP contribution in [-0.2, 0) is 4.79 Å². The van der Waals surface area contributed by atoms with Crippen LogP contribution in [0, 0.1) is 0 Å². The average Bonchev–Trinajstić information content (AvgIpc) is 3.18. The van der Waals surface area contributed by atoms with E-state index in [1.54, 1.807) is 6.07 Å². The number of fused-ring (bicyclic) bond motifs is 2. The molecule has 0 saturated heterocycles. The van der Waals surface area contributed by atoms with Crippen molar-refractivity contribution in [3.8, 4) is 0 Å². The fourth-order valence-corrected chi connectivity index (χ4v) is 8.35. The molecule has 0 spiro atoms. The summed E-state index contributed by atoms with van der Waals surface area (Å²) >= 11 is 1.45. The minimum atomic E-state index is -2.13. The summed E-state index contributed by atoms with van der Waals surface area (Å²) in [6.45, 7) is 6.12. The van der Waals surface area contributed by atoms with Gasteiger partial charge in [-0.1, -0.05) is 19.2 Å². The SMILES string of the molecule is CC(=O)Nc1ccc2c(c1)[Si](C)(C)C1=CC(=[N+](C)C)C=CC1=C2c1sccc1C(=O)O. The zero-order valence-electron chi connectivity index (χ0n) is 18.2. The van der Waals surface area contributed by atoms with Crippen LogP contribution in [0.5, 0.6) is 0 Å². The minimum absolute atomic E-state index is 0.110. The first-order valence-corrected chi connectivity index (χ1v) is 13.9. The number of nitrogens with zero attached hydrogens (tertiary/aromatic N) is 1. The van der Waals surface area contributed by atoms with E-state index in [4.69, 9.17) is 0 Å². The molecular formula is C24H25N2O3SSi+. The Labute approximate surface area is 186 Å². The van der Waals surface area contributed by atoms with Crippen molar-refractivity contribution in [1.29, 1.82) is 0 Å². The standard InChI is InChI=1S/C24H24N2O3SSi/c1-14(27)25-15-6-8-17-20(12-15)31(4,5)21-13-16(26(2)3)7-9-18(21)22(17)23-19(24(28)29)10-11-30-23/h6-13H,1-5H3,(H,28,29)/p+1. The summed E-state index contributed by atoms with van der Waals surface area (Å²) in [6, 6.07) is 7.67. The molecule has 1 amide bonds. The fourth-order valence-electron chi connectivity index (χ4n) is 4.31. The lowest BCUT2D eigenvalue weighted by atomic mass is 9.92. The van der Waals surface area contributed by atoms with Crippen molar-refractivity contribution in [3.05, 3.63) is 74.6 Å². The van der Waals surface area contributed by atoms with Crippen LogP contribution in [-0.4, -0.2) is 49.4 Å². The highest BCUT2D eigenvalue weighted by Gasteiger charge is 2.41. The summed E-state index contributed by atoms with van der Waals surface area (Å²) in [5.74, 6) is -1.03. The summed E-state index contributed by atoms with van der Waals surface area (Å²) in [5, 5.41) is 17.0. The Hall–Kier alpha value is -3.03. The van der Waals surface area contributed by atoms with Gasteiger partial charge < -0.3 is 10.4 Å². The zero-order chi connectivity index (χ0) is 22.5. The second-order valence-corrected chi connectivity index (χ2v) is 13.8. The normalized spacial score (nSPS) is 16.4. The fraction of sp³-hybridized carbons (Fsp3) is 0.208. The van der Waals surface area contributed by atoms with Crippen molar-refractivity contribution in [2.24, 2.45) is 0 Å². The molecule has 1 aromatic heterocycles. The van der Waals surface area contributed by atoms with Crippen molar-refractivity contribution >= 4 is 53.4 Å². The lowest BCUT2D eigenvalue weighted by Gasteiger charge is -2.37. The van der Waals surface area contributed by atoms with E-state index in [1.165, 1.54) is 28.6 Å². The molecule has 0 bridgehead atoms. The first-order chi connectivity index (χ1) is 14.6. The molecule has 2 heterocycles. The van der Waals surface area contributed by atoms with Crippen molar-refractivity contribution in [3.63, 3.8) is 0 Å². The molecule has 31 heavy (non-hydrogen) atoms. The molecular weight excluding hydrogens is 424 g/mol. The van der Waals surface area contributed by atoms with Crippen molar-refractivity contribution in [2.45, 2.75) is 20.0 Å². The second kappa shape index (κ2) is 7.58. The van der Waals surface area contributed by atoms with E-state index in [0.717, 1.165) is 33.0 Å². The molecule has 0 saturated carbocycles. The van der Waals surface area contributed by atoms with Crippen LogP contribution in [0.4, 0.5) is 5.69 Å². The predicted molar refractivity (Wildman–Crippen MR) is 130 cm³/mol. The highest BCUT2D eigenvalue weighted by Crippen LogP contribution is 2.43. The highest BCUT2D eigenvalue weighted by atomic mass is 32.1. The van der Waals surface area contributed by atoms with Gasteiger partial charge in [-0.25, -0.2) is 9.37 Å². The van der Waals surface area contributed by atoms with Gasteiger partial charge in [-0.15, -0.1) is 11.3 Å². The van der Waals surface area contributed by atoms with E-state index >= 15 is 0 Å². The molecule has 0 radical (unpaired) electrons. The molecule has 2 aliphatic rings. The summed E-state index contributed by atoms with van der Waals surface area (Å²) in [4.78, 5) is 24.4. The van der Waals surface area contributed by atoms with E-state index < -0.39 is 14.0 Å². The van der Waals surface area contributed by atoms with Crippen LogP contribution >= 0.6 is 11.3 Å². The maximum Gasteiger partial charge on any atom is 0.337 e. The van der Waals surface area contributed by atoms with E-state index in [-0.39, 0.29) is 5.91 Å². The third-order valence-electron chi connectivity index (χ3n) is 5.87. The van der Waals surface area contributed by atoms with Gasteiger partial charge in [0.25, 0.3) is 0 Å². The molecule has 5 nitrogen and oxygen atoms in total. The predicted octanol–water partition coefficient (Wildman–Crippen LogP) is 3.88. The van der Waals surface area contributed by atoms with E-state index in [9.17, 15) is 14.7 Å². The van der Waals surface area contributed by atoms with Crippen molar-refractivity contribution in [1.82, 2.24) is 0 Å². The van der Waals surface area contributed by atoms with Gasteiger partial charge in [0, 0.05) is 35.2 Å². The molecule has 0 atom stereocenters. The Morgan fingerprint density at radius 3 is 2.52 bits per heavy atom. The number of carboxylic acid groups (broad SMARTS) is 1. The summed E-state index contributed by atoms with van der Waals surface area (Å²) in [7, 11) is 1.91. The maximum atomic E-state index is 11.9. The molecule has 4 rings (SSSR count). The molecule has 158 valence electrons.